The molecule has 0 radical (unpaired) electrons. The van der Waals surface area contributed by atoms with E-state index in [1.807, 2.05) is 70.7 Å². The molecule has 2 aliphatic rings. The van der Waals surface area contributed by atoms with Crippen LogP contribution in [0, 0.1) is 0 Å². The number of aromatic nitrogens is 1. The highest BCUT2D eigenvalue weighted by Gasteiger charge is 2.36. The zero-order valence-corrected chi connectivity index (χ0v) is 20.9. The first-order chi connectivity index (χ1) is 17.6. The van der Waals surface area contributed by atoms with Gasteiger partial charge in [0.05, 0.1) is 6.42 Å². The summed E-state index contributed by atoms with van der Waals surface area (Å²) in [6.07, 6.45) is 7.09. The minimum absolute atomic E-state index is 0.0408. The third-order valence-corrected chi connectivity index (χ3v) is 7.58. The SMILES string of the molecule is CC(=O)N1CCC2CCC(CN(C(=O)Cc3ccccc3)Cc3ccccc31)N2Cc1ccncc1. The second kappa shape index (κ2) is 11.0. The summed E-state index contributed by atoms with van der Waals surface area (Å²) in [6.45, 7) is 4.32. The quantitative estimate of drug-likeness (QED) is 0.552. The summed E-state index contributed by atoms with van der Waals surface area (Å²) in [4.78, 5) is 37.1. The fraction of sp³-hybridized carbons (Fsp3) is 0.367. The number of rotatable bonds is 4. The number of nitrogens with zero attached hydrogens (tertiary/aromatic N) is 4. The molecule has 2 aromatic carbocycles. The number of para-hydroxylation sites is 1. The normalized spacial score (nSPS) is 20.5. The molecule has 2 bridgehead atoms. The van der Waals surface area contributed by atoms with Gasteiger partial charge in [-0.1, -0.05) is 48.5 Å². The first kappa shape index (κ1) is 24.2. The van der Waals surface area contributed by atoms with Crippen LogP contribution in [0.15, 0.2) is 79.1 Å². The molecule has 1 aromatic heterocycles. The van der Waals surface area contributed by atoms with E-state index in [2.05, 4.69) is 28.1 Å². The molecular formula is C30H34N4O2. The van der Waals surface area contributed by atoms with Gasteiger partial charge in [0.15, 0.2) is 0 Å². The van der Waals surface area contributed by atoms with Crippen molar-refractivity contribution >= 4 is 17.5 Å². The predicted molar refractivity (Wildman–Crippen MR) is 141 cm³/mol. The zero-order valence-electron chi connectivity index (χ0n) is 20.9. The van der Waals surface area contributed by atoms with Gasteiger partial charge < -0.3 is 9.80 Å². The Kier molecular flexibility index (Phi) is 7.42. The topological polar surface area (TPSA) is 56.8 Å². The van der Waals surface area contributed by atoms with E-state index in [1.165, 1.54) is 5.56 Å². The van der Waals surface area contributed by atoms with Crippen molar-refractivity contribution in [3.63, 3.8) is 0 Å². The van der Waals surface area contributed by atoms with Crippen LogP contribution in [0.3, 0.4) is 0 Å². The molecule has 2 atom stereocenters. The largest absolute Gasteiger partial charge is 0.336 e. The summed E-state index contributed by atoms with van der Waals surface area (Å²) in [5.74, 6) is 0.163. The summed E-state index contributed by atoms with van der Waals surface area (Å²) >= 11 is 0. The van der Waals surface area contributed by atoms with Crippen LogP contribution in [-0.2, 0) is 29.1 Å². The third-order valence-electron chi connectivity index (χ3n) is 7.58. The Labute approximate surface area is 213 Å². The highest BCUT2D eigenvalue weighted by Crippen LogP contribution is 2.32. The van der Waals surface area contributed by atoms with Crippen molar-refractivity contribution in [3.8, 4) is 0 Å². The van der Waals surface area contributed by atoms with Gasteiger partial charge in [0, 0.05) is 63.3 Å². The maximum Gasteiger partial charge on any atom is 0.227 e. The van der Waals surface area contributed by atoms with Crippen LogP contribution in [-0.4, -0.2) is 51.8 Å². The molecule has 36 heavy (non-hydrogen) atoms. The van der Waals surface area contributed by atoms with Gasteiger partial charge in [-0.15, -0.1) is 0 Å². The van der Waals surface area contributed by atoms with Gasteiger partial charge in [-0.25, -0.2) is 0 Å². The van der Waals surface area contributed by atoms with Crippen LogP contribution in [0.4, 0.5) is 5.69 Å². The Hall–Kier alpha value is -3.51. The molecule has 2 aliphatic heterocycles. The summed E-state index contributed by atoms with van der Waals surface area (Å²) in [5.41, 5.74) is 4.19. The monoisotopic (exact) mass is 482 g/mol. The number of pyridine rings is 1. The Balaban J connectivity index is 1.49. The number of hydrogen-bond acceptors (Lipinski definition) is 4. The van der Waals surface area contributed by atoms with Crippen molar-refractivity contribution in [2.24, 2.45) is 0 Å². The van der Waals surface area contributed by atoms with Gasteiger partial charge in [-0.2, -0.15) is 0 Å². The van der Waals surface area contributed by atoms with Gasteiger partial charge in [-0.05, 0) is 54.2 Å². The number of fused-ring (bicyclic) bond motifs is 3. The molecule has 2 unspecified atom stereocenters. The van der Waals surface area contributed by atoms with Crippen LogP contribution in [0.2, 0.25) is 0 Å². The maximum atomic E-state index is 13.7. The molecule has 186 valence electrons. The Morgan fingerprint density at radius 3 is 2.36 bits per heavy atom. The van der Waals surface area contributed by atoms with Crippen LogP contribution in [0.25, 0.3) is 0 Å². The number of anilines is 1. The zero-order chi connectivity index (χ0) is 24.9. The lowest BCUT2D eigenvalue weighted by atomic mass is 10.1. The first-order valence-corrected chi connectivity index (χ1v) is 12.9. The molecule has 5 rings (SSSR count). The molecule has 3 aromatic rings. The van der Waals surface area contributed by atoms with Crippen molar-refractivity contribution < 1.29 is 9.59 Å². The van der Waals surface area contributed by atoms with E-state index < -0.39 is 0 Å². The number of amides is 2. The lowest BCUT2D eigenvalue weighted by Gasteiger charge is -2.34. The van der Waals surface area contributed by atoms with Crippen molar-refractivity contribution in [2.45, 2.75) is 57.8 Å². The fourth-order valence-electron chi connectivity index (χ4n) is 5.71. The van der Waals surface area contributed by atoms with Gasteiger partial charge in [0.1, 0.15) is 0 Å². The molecule has 1 fully saturated rings. The maximum absolute atomic E-state index is 13.7. The van der Waals surface area contributed by atoms with E-state index in [1.54, 1.807) is 6.92 Å². The Morgan fingerprint density at radius 1 is 0.861 bits per heavy atom. The summed E-state index contributed by atoms with van der Waals surface area (Å²) < 4.78 is 0. The summed E-state index contributed by atoms with van der Waals surface area (Å²) in [6, 6.07) is 22.8. The van der Waals surface area contributed by atoms with E-state index >= 15 is 0 Å². The van der Waals surface area contributed by atoms with E-state index in [0.717, 1.165) is 42.6 Å². The molecule has 2 amide bonds. The van der Waals surface area contributed by atoms with Crippen LogP contribution in [0.1, 0.15) is 42.9 Å². The standard InChI is InChI=1S/C30H34N4O2/c1-23(35)33-18-15-27-11-12-28(34(27)20-25-13-16-31-17-14-25)22-32(21-26-9-5-6-10-29(26)33)30(36)19-24-7-3-2-4-8-24/h2-10,13-14,16-17,27-28H,11-12,15,18-22H2,1H3. The summed E-state index contributed by atoms with van der Waals surface area (Å²) in [5, 5.41) is 0. The smallest absolute Gasteiger partial charge is 0.227 e. The average Bonchev–Trinajstić information content (AvgIpc) is 3.25. The molecule has 3 heterocycles. The van der Waals surface area contributed by atoms with E-state index in [0.29, 0.717) is 32.1 Å². The van der Waals surface area contributed by atoms with Crippen LogP contribution >= 0.6 is 0 Å². The molecule has 0 aliphatic carbocycles. The van der Waals surface area contributed by atoms with Gasteiger partial charge in [0.2, 0.25) is 11.8 Å². The lowest BCUT2D eigenvalue weighted by molar-refractivity contribution is -0.132. The molecule has 0 spiro atoms. The molecule has 0 N–H and O–H groups in total. The number of carbonyl (C=O) groups is 2. The first-order valence-electron chi connectivity index (χ1n) is 12.9. The molecule has 0 saturated carbocycles. The number of benzene rings is 2. The van der Waals surface area contributed by atoms with Crippen molar-refractivity contribution in [1.82, 2.24) is 14.8 Å². The van der Waals surface area contributed by atoms with Gasteiger partial charge in [0.25, 0.3) is 0 Å². The molecule has 6 heteroatoms. The van der Waals surface area contributed by atoms with Crippen molar-refractivity contribution in [3.05, 3.63) is 95.8 Å². The van der Waals surface area contributed by atoms with Crippen molar-refractivity contribution in [1.29, 1.82) is 0 Å². The van der Waals surface area contributed by atoms with E-state index in [-0.39, 0.29) is 17.9 Å². The second-order valence-corrected chi connectivity index (χ2v) is 9.94. The number of hydrogen-bond donors (Lipinski definition) is 0. The van der Waals surface area contributed by atoms with Gasteiger partial charge in [-0.3, -0.25) is 19.5 Å². The Bertz CT molecular complexity index is 1180. The predicted octanol–water partition coefficient (Wildman–Crippen LogP) is 4.44. The summed E-state index contributed by atoms with van der Waals surface area (Å²) in [7, 11) is 0. The number of carbonyl (C=O) groups excluding carboxylic acids is 2. The third kappa shape index (κ3) is 5.49. The van der Waals surface area contributed by atoms with Crippen molar-refractivity contribution in [2.75, 3.05) is 18.0 Å². The van der Waals surface area contributed by atoms with Crippen LogP contribution < -0.4 is 4.90 Å². The molecular weight excluding hydrogens is 448 g/mol. The highest BCUT2D eigenvalue weighted by molar-refractivity contribution is 5.92. The average molecular weight is 483 g/mol. The van der Waals surface area contributed by atoms with Gasteiger partial charge >= 0.3 is 0 Å². The van der Waals surface area contributed by atoms with Crippen LogP contribution in [0.5, 0.6) is 0 Å². The van der Waals surface area contributed by atoms with E-state index in [9.17, 15) is 9.59 Å². The lowest BCUT2D eigenvalue weighted by Crippen LogP contribution is -2.45. The Morgan fingerprint density at radius 2 is 1.58 bits per heavy atom. The molecule has 6 nitrogen and oxygen atoms in total. The van der Waals surface area contributed by atoms with E-state index in [4.69, 9.17) is 0 Å². The second-order valence-electron chi connectivity index (χ2n) is 9.94. The highest BCUT2D eigenvalue weighted by atomic mass is 16.2. The molecule has 1 saturated heterocycles. The minimum atomic E-state index is 0.0408. The fourth-order valence-corrected chi connectivity index (χ4v) is 5.71. The minimum Gasteiger partial charge on any atom is -0.336 e.